The molecule has 0 aromatic carbocycles. The van der Waals surface area contributed by atoms with Crippen LogP contribution in [0.25, 0.3) is 0 Å². The van der Waals surface area contributed by atoms with Crippen molar-refractivity contribution < 1.29 is 38.3 Å². The average Bonchev–Trinajstić information content (AvgIpc) is 3.40. The Morgan fingerprint density at radius 2 is 1.89 bits per heavy atom. The van der Waals surface area contributed by atoms with Gasteiger partial charge in [0.05, 0.1) is 35.4 Å². The highest BCUT2D eigenvalue weighted by molar-refractivity contribution is 5.67. The summed E-state index contributed by atoms with van der Waals surface area (Å²) < 4.78 is 38.7. The summed E-state index contributed by atoms with van der Waals surface area (Å²) in [5, 5.41) is 13.4. The Balaban J connectivity index is 1.61. The van der Waals surface area contributed by atoms with Crippen molar-refractivity contribution in [3.63, 3.8) is 0 Å². The zero-order chi connectivity index (χ0) is 25.5. The number of aliphatic hydroxyl groups is 1. The third kappa shape index (κ3) is 2.16. The third-order valence-corrected chi connectivity index (χ3v) is 12.2. The summed E-state index contributed by atoms with van der Waals surface area (Å²) in [5.74, 6) is -0.771. The molecule has 0 aromatic heterocycles. The van der Waals surface area contributed by atoms with Crippen LogP contribution in [0.3, 0.4) is 0 Å². The number of esters is 1. The molecule has 7 aliphatic rings. The van der Waals surface area contributed by atoms with E-state index in [1.807, 2.05) is 0 Å². The first-order valence-corrected chi connectivity index (χ1v) is 13.7. The second kappa shape index (κ2) is 7.23. The van der Waals surface area contributed by atoms with Crippen LogP contribution in [0.2, 0.25) is 0 Å². The molecular weight excluding hydrogens is 466 g/mol. The summed E-state index contributed by atoms with van der Waals surface area (Å²) in [5.41, 5.74) is -3.94. The first kappa shape index (κ1) is 24.2. The van der Waals surface area contributed by atoms with Gasteiger partial charge in [-0.25, -0.2) is 0 Å². The van der Waals surface area contributed by atoms with Gasteiger partial charge in [0.25, 0.3) is 0 Å². The largest absolute Gasteiger partial charge is 0.459 e. The summed E-state index contributed by atoms with van der Waals surface area (Å²) in [6.45, 7) is 7.72. The summed E-state index contributed by atoms with van der Waals surface area (Å²) in [6, 6.07) is -0.224. The SMILES string of the molecule is CCN1C[C@]2(C)CC[C@H](OC)[C@]34C2[C@H](OC(C)=O)[C@]2(OCO[C@@]25C[C@H](OC)[C@@H]2C[C@]3(O)C5[C@H]2OC)[C@@H]14. The van der Waals surface area contributed by atoms with Gasteiger partial charge in [-0.1, -0.05) is 13.8 Å². The molecular formula is C27H41NO8. The standard InChI is InChI=1S/C27H41NO8/c1-7-28-12-23(3)9-8-17(32-5)26-20(23)21(36-14(2)29)27(22(26)28)25(34-13-35-27)11-16(31-4)15-10-24(26,30)19(25)18(15)33-6/h15-22,30H,7-13H2,1-6H3/t15-,16-,17-,18-,19?,20?,21-,22-,23-,24-,25+,26+,27-/m0/s1. The Bertz CT molecular complexity index is 979. The molecule has 3 spiro atoms. The molecule has 0 radical (unpaired) electrons. The van der Waals surface area contributed by atoms with Gasteiger partial charge in [-0.15, -0.1) is 0 Å². The smallest absolute Gasteiger partial charge is 0.303 e. The molecule has 7 bridgehead atoms. The number of carbonyl (C=O) groups is 1. The molecule has 9 nitrogen and oxygen atoms in total. The number of ether oxygens (including phenoxy) is 6. The van der Waals surface area contributed by atoms with Gasteiger partial charge in [-0.05, 0) is 31.2 Å². The predicted octanol–water partition coefficient (Wildman–Crippen LogP) is 1.35. The summed E-state index contributed by atoms with van der Waals surface area (Å²) in [7, 11) is 5.23. The lowest BCUT2D eigenvalue weighted by atomic mass is 9.41. The maximum absolute atomic E-state index is 13.4. The van der Waals surface area contributed by atoms with E-state index in [0.29, 0.717) is 12.8 Å². The van der Waals surface area contributed by atoms with E-state index in [0.717, 1.165) is 25.9 Å². The molecule has 1 N–H and O–H groups in total. The fraction of sp³-hybridized carbons (Fsp3) is 0.963. The van der Waals surface area contributed by atoms with E-state index in [9.17, 15) is 9.90 Å². The molecule has 2 unspecified atom stereocenters. The van der Waals surface area contributed by atoms with Crippen LogP contribution < -0.4 is 0 Å². The van der Waals surface area contributed by atoms with E-state index >= 15 is 0 Å². The van der Waals surface area contributed by atoms with Crippen molar-refractivity contribution >= 4 is 5.97 Å². The van der Waals surface area contributed by atoms with Crippen molar-refractivity contribution in [2.45, 2.75) is 93.7 Å². The summed E-state index contributed by atoms with van der Waals surface area (Å²) >= 11 is 0. The number of likely N-dealkylation sites (N-methyl/N-ethyl adjacent to an activating group) is 1. The van der Waals surface area contributed by atoms with Gasteiger partial charge >= 0.3 is 5.97 Å². The van der Waals surface area contributed by atoms with Gasteiger partial charge in [0.1, 0.15) is 18.5 Å². The van der Waals surface area contributed by atoms with Crippen molar-refractivity contribution in [2.75, 3.05) is 41.2 Å². The normalized spacial score (nSPS) is 60.2. The quantitative estimate of drug-likeness (QED) is 0.553. The first-order chi connectivity index (χ1) is 17.2. The maximum Gasteiger partial charge on any atom is 0.303 e. The van der Waals surface area contributed by atoms with Crippen LogP contribution >= 0.6 is 0 Å². The van der Waals surface area contributed by atoms with E-state index in [2.05, 4.69) is 18.7 Å². The Kier molecular flexibility index (Phi) is 4.87. The molecule has 7 fully saturated rings. The van der Waals surface area contributed by atoms with Gasteiger partial charge in [-0.3, -0.25) is 9.69 Å². The van der Waals surface area contributed by atoms with Crippen LogP contribution in [0, 0.1) is 28.6 Å². The number of likely N-dealkylation sites (tertiary alicyclic amines) is 1. The molecule has 9 heteroatoms. The molecule has 2 heterocycles. The molecule has 2 saturated heterocycles. The monoisotopic (exact) mass is 507 g/mol. The molecule has 0 amide bonds. The number of carbonyl (C=O) groups excluding carboxylic acids is 1. The van der Waals surface area contributed by atoms with Crippen molar-refractivity contribution in [2.24, 2.45) is 28.6 Å². The molecule has 36 heavy (non-hydrogen) atoms. The van der Waals surface area contributed by atoms with Crippen LogP contribution in [0.4, 0.5) is 0 Å². The minimum atomic E-state index is -1.16. The van der Waals surface area contributed by atoms with Gasteiger partial charge < -0.3 is 33.5 Å². The Morgan fingerprint density at radius 1 is 1.11 bits per heavy atom. The number of hydrogen-bond acceptors (Lipinski definition) is 9. The zero-order valence-electron chi connectivity index (χ0n) is 22.3. The Hall–Kier alpha value is -0.810. The highest BCUT2D eigenvalue weighted by Crippen LogP contribution is 2.83. The number of piperidine rings is 1. The topological polar surface area (TPSA) is 95.9 Å². The molecule has 7 rings (SSSR count). The van der Waals surface area contributed by atoms with Gasteiger partial charge in [0.15, 0.2) is 5.60 Å². The minimum Gasteiger partial charge on any atom is -0.459 e. The van der Waals surface area contributed by atoms with Crippen LogP contribution in [-0.4, -0.2) is 104 Å². The predicted molar refractivity (Wildman–Crippen MR) is 126 cm³/mol. The van der Waals surface area contributed by atoms with E-state index in [4.69, 9.17) is 28.4 Å². The summed E-state index contributed by atoms with van der Waals surface area (Å²) in [4.78, 5) is 15.3. The van der Waals surface area contributed by atoms with E-state index in [1.54, 1.807) is 21.3 Å². The first-order valence-electron chi connectivity index (χ1n) is 13.7. The molecule has 5 aliphatic carbocycles. The average molecular weight is 508 g/mol. The zero-order valence-corrected chi connectivity index (χ0v) is 22.3. The highest BCUT2D eigenvalue weighted by atomic mass is 16.7. The molecule has 5 saturated carbocycles. The van der Waals surface area contributed by atoms with E-state index in [1.165, 1.54) is 6.92 Å². The third-order valence-electron chi connectivity index (χ3n) is 12.2. The maximum atomic E-state index is 13.4. The number of methoxy groups -OCH3 is 3. The number of hydrogen-bond donors (Lipinski definition) is 1. The molecule has 13 atom stereocenters. The second-order valence-corrected chi connectivity index (χ2v) is 12.9. The van der Waals surface area contributed by atoms with Crippen LogP contribution in [-0.2, 0) is 33.2 Å². The van der Waals surface area contributed by atoms with Crippen LogP contribution in [0.5, 0.6) is 0 Å². The fourth-order valence-electron chi connectivity index (χ4n) is 11.7. The van der Waals surface area contributed by atoms with Crippen LogP contribution in [0.1, 0.15) is 46.5 Å². The molecule has 2 aliphatic heterocycles. The molecule has 202 valence electrons. The molecule has 0 aromatic rings. The lowest BCUT2D eigenvalue weighted by Gasteiger charge is -2.71. The van der Waals surface area contributed by atoms with Crippen molar-refractivity contribution in [1.82, 2.24) is 4.90 Å². The van der Waals surface area contributed by atoms with E-state index < -0.39 is 28.3 Å². The lowest BCUT2D eigenvalue weighted by Crippen LogP contribution is -2.85. The van der Waals surface area contributed by atoms with Crippen molar-refractivity contribution in [3.8, 4) is 0 Å². The number of rotatable bonds is 5. The second-order valence-electron chi connectivity index (χ2n) is 12.9. The van der Waals surface area contributed by atoms with Gasteiger partial charge in [0.2, 0.25) is 0 Å². The number of fused-ring (bicyclic) bond motifs is 1. The fourth-order valence-corrected chi connectivity index (χ4v) is 11.7. The Morgan fingerprint density at radius 3 is 2.53 bits per heavy atom. The lowest BCUT2D eigenvalue weighted by molar-refractivity contribution is -0.332. The van der Waals surface area contributed by atoms with Crippen molar-refractivity contribution in [1.29, 1.82) is 0 Å². The van der Waals surface area contributed by atoms with Crippen molar-refractivity contribution in [3.05, 3.63) is 0 Å². The van der Waals surface area contributed by atoms with Gasteiger partial charge in [-0.2, -0.15) is 0 Å². The van der Waals surface area contributed by atoms with Crippen LogP contribution in [0.15, 0.2) is 0 Å². The summed E-state index contributed by atoms with van der Waals surface area (Å²) in [6.07, 6.45) is 1.69. The van der Waals surface area contributed by atoms with E-state index in [-0.39, 0.29) is 60.3 Å². The highest BCUT2D eigenvalue weighted by Gasteiger charge is 2.97. The number of nitrogens with zero attached hydrogens (tertiary/aromatic N) is 1. The Labute approximate surface area is 213 Å². The van der Waals surface area contributed by atoms with Gasteiger partial charge in [0, 0.05) is 59.0 Å². The minimum absolute atomic E-state index is 0.0317.